The van der Waals surface area contributed by atoms with Crippen molar-refractivity contribution in [2.45, 2.75) is 31.4 Å². The molecule has 5 heteroatoms. The number of aliphatic hydroxyl groups is 1. The molecule has 2 aromatic rings. The lowest BCUT2D eigenvalue weighted by molar-refractivity contribution is -0.658. The normalized spacial score (nSPS) is 23.6. The maximum atomic E-state index is 11.7. The Morgan fingerprint density at radius 3 is 2.64 bits per heavy atom. The van der Waals surface area contributed by atoms with Crippen molar-refractivity contribution in [1.82, 2.24) is 0 Å². The van der Waals surface area contributed by atoms with E-state index in [0.717, 1.165) is 46.6 Å². The van der Waals surface area contributed by atoms with E-state index in [1.807, 2.05) is 42.5 Å². The van der Waals surface area contributed by atoms with E-state index in [9.17, 15) is 5.11 Å². The predicted molar refractivity (Wildman–Crippen MR) is 105 cm³/mol. The first-order valence-corrected chi connectivity index (χ1v) is 9.90. The van der Waals surface area contributed by atoms with Crippen LogP contribution in [0.3, 0.4) is 0 Å². The van der Waals surface area contributed by atoms with Crippen LogP contribution < -0.4 is 4.90 Å². The summed E-state index contributed by atoms with van der Waals surface area (Å²) in [5.74, 6) is 1.20. The van der Waals surface area contributed by atoms with Crippen LogP contribution in [-0.2, 0) is 5.72 Å². The van der Waals surface area contributed by atoms with Gasteiger partial charge in [0.15, 0.2) is 6.54 Å². The summed E-state index contributed by atoms with van der Waals surface area (Å²) < 4.78 is 3.22. The summed E-state index contributed by atoms with van der Waals surface area (Å²) in [4.78, 5) is 2.24. The maximum Gasteiger partial charge on any atom is 0.271 e. The minimum absolute atomic E-state index is 0.518. The molecule has 0 radical (unpaired) electrons. The quantitative estimate of drug-likeness (QED) is 0.710. The van der Waals surface area contributed by atoms with E-state index in [0.29, 0.717) is 6.54 Å². The van der Waals surface area contributed by atoms with Gasteiger partial charge >= 0.3 is 0 Å². The fraction of sp³-hybridized carbons (Fsp3) is 0.350. The Morgan fingerprint density at radius 1 is 1.08 bits per heavy atom. The van der Waals surface area contributed by atoms with Gasteiger partial charge in [-0.05, 0) is 43.5 Å². The molecule has 2 aromatic carbocycles. The Labute approximate surface area is 161 Å². The molecule has 0 spiro atoms. The van der Waals surface area contributed by atoms with Gasteiger partial charge in [-0.25, -0.2) is 9.48 Å². The van der Waals surface area contributed by atoms with Crippen molar-refractivity contribution >= 4 is 39.1 Å². The summed E-state index contributed by atoms with van der Waals surface area (Å²) in [5.41, 5.74) is 0.963. The van der Waals surface area contributed by atoms with Crippen LogP contribution in [0.15, 0.2) is 53.0 Å². The molecule has 2 aliphatic heterocycles. The minimum Gasteiger partial charge on any atom is -0.346 e. The van der Waals surface area contributed by atoms with Crippen LogP contribution >= 0.6 is 27.5 Å². The molecule has 0 fully saturated rings. The highest BCUT2D eigenvalue weighted by Crippen LogP contribution is 2.36. The molecular weight excluding hydrogens is 400 g/mol. The number of benzene rings is 2. The van der Waals surface area contributed by atoms with E-state index in [4.69, 9.17) is 11.6 Å². The van der Waals surface area contributed by atoms with Crippen LogP contribution in [0.25, 0.3) is 0 Å². The second-order valence-corrected chi connectivity index (χ2v) is 8.12. The fourth-order valence-electron chi connectivity index (χ4n) is 3.92. The van der Waals surface area contributed by atoms with Crippen molar-refractivity contribution in [2.75, 3.05) is 18.0 Å². The van der Waals surface area contributed by atoms with Crippen LogP contribution in [-0.4, -0.2) is 28.6 Å². The molecule has 130 valence electrons. The third-order valence-corrected chi connectivity index (χ3v) is 5.92. The molecule has 4 rings (SSSR count). The van der Waals surface area contributed by atoms with Gasteiger partial charge in [-0.1, -0.05) is 45.7 Å². The number of rotatable bonds is 2. The number of amidine groups is 1. The zero-order valence-corrected chi connectivity index (χ0v) is 16.3. The molecule has 1 atom stereocenters. The Morgan fingerprint density at radius 2 is 1.88 bits per heavy atom. The molecule has 3 nitrogen and oxygen atoms in total. The highest BCUT2D eigenvalue weighted by molar-refractivity contribution is 9.10. The number of nitrogens with zero attached hydrogens (tertiary/aromatic N) is 2. The molecule has 1 N–H and O–H groups in total. The van der Waals surface area contributed by atoms with Crippen molar-refractivity contribution in [3.8, 4) is 0 Å². The van der Waals surface area contributed by atoms with Crippen LogP contribution in [0, 0.1) is 0 Å². The lowest BCUT2D eigenvalue weighted by atomic mass is 10.0. The van der Waals surface area contributed by atoms with Gasteiger partial charge in [0.05, 0.1) is 6.54 Å². The van der Waals surface area contributed by atoms with Gasteiger partial charge in [-0.2, -0.15) is 0 Å². The van der Waals surface area contributed by atoms with E-state index in [2.05, 4.69) is 31.5 Å². The molecule has 0 unspecified atom stereocenters. The van der Waals surface area contributed by atoms with Crippen LogP contribution in [0.2, 0.25) is 5.02 Å². The Kier molecular flexibility index (Phi) is 4.61. The number of β-amino-alcohol motifs (C(OH)–C–C–N with tert-alkyl or cyclic N) is 1. The number of hydrogen-bond acceptors (Lipinski definition) is 2. The molecule has 0 aromatic heterocycles. The maximum absolute atomic E-state index is 11.7. The topological polar surface area (TPSA) is 26.5 Å². The fourth-order valence-corrected chi connectivity index (χ4v) is 4.37. The lowest BCUT2D eigenvalue weighted by Gasteiger charge is -2.23. The smallest absolute Gasteiger partial charge is 0.271 e. The highest BCUT2D eigenvalue weighted by atomic mass is 79.9. The molecule has 0 amide bonds. The standard InChI is InChI=1S/C20H21BrClN2O/c21-16-10-8-15(9-11-16)20(25)14-23(18-6-4-5-17(22)13-18)19-7-2-1-3-12-24(19)20/h4-6,8-11,13,25H,1-3,7,12,14H2/q+1/t20-/m0/s1. The second kappa shape index (κ2) is 6.75. The third kappa shape index (κ3) is 3.12. The largest absolute Gasteiger partial charge is 0.346 e. The predicted octanol–water partition coefficient (Wildman–Crippen LogP) is 4.75. The van der Waals surface area contributed by atoms with Crippen molar-refractivity contribution in [2.24, 2.45) is 0 Å². The molecule has 0 saturated heterocycles. The molecule has 0 saturated carbocycles. The van der Waals surface area contributed by atoms with Crippen LogP contribution in [0.4, 0.5) is 5.69 Å². The summed E-state index contributed by atoms with van der Waals surface area (Å²) in [5, 5.41) is 12.4. The lowest BCUT2D eigenvalue weighted by Crippen LogP contribution is -2.41. The number of halogens is 2. The first-order chi connectivity index (χ1) is 12.1. The van der Waals surface area contributed by atoms with Gasteiger partial charge in [0.25, 0.3) is 11.6 Å². The molecule has 2 heterocycles. The van der Waals surface area contributed by atoms with E-state index in [1.54, 1.807) is 0 Å². The molecule has 25 heavy (non-hydrogen) atoms. The van der Waals surface area contributed by atoms with E-state index < -0.39 is 5.72 Å². The van der Waals surface area contributed by atoms with Gasteiger partial charge in [-0.15, -0.1) is 0 Å². The second-order valence-electron chi connectivity index (χ2n) is 6.77. The van der Waals surface area contributed by atoms with Gasteiger partial charge in [0, 0.05) is 27.5 Å². The zero-order chi connectivity index (χ0) is 17.4. The average molecular weight is 421 g/mol. The van der Waals surface area contributed by atoms with Crippen molar-refractivity contribution in [3.63, 3.8) is 0 Å². The van der Waals surface area contributed by atoms with Crippen molar-refractivity contribution in [3.05, 3.63) is 63.6 Å². The average Bonchev–Trinajstić information content (AvgIpc) is 2.76. The number of hydrogen-bond donors (Lipinski definition) is 1. The summed E-state index contributed by atoms with van der Waals surface area (Å²) in [6.45, 7) is 1.39. The Hall–Kier alpha value is -1.36. The summed E-state index contributed by atoms with van der Waals surface area (Å²) in [7, 11) is 0. The van der Waals surface area contributed by atoms with Gasteiger partial charge in [0.2, 0.25) is 0 Å². The monoisotopic (exact) mass is 419 g/mol. The molecular formula is C20H21BrClN2O+. The van der Waals surface area contributed by atoms with E-state index in [1.165, 1.54) is 12.3 Å². The third-order valence-electron chi connectivity index (χ3n) is 5.16. The SMILES string of the molecule is O[C@]1(c2ccc(Br)cc2)CN(c2cccc(Cl)c2)C2=[N+]1CCCCC2. The molecule has 2 aliphatic rings. The molecule has 0 bridgehead atoms. The minimum atomic E-state index is -1.01. The zero-order valence-electron chi connectivity index (χ0n) is 14.0. The summed E-state index contributed by atoms with van der Waals surface area (Å²) in [6.07, 6.45) is 4.43. The van der Waals surface area contributed by atoms with E-state index >= 15 is 0 Å². The van der Waals surface area contributed by atoms with Gasteiger partial charge < -0.3 is 5.11 Å². The summed E-state index contributed by atoms with van der Waals surface area (Å²) in [6, 6.07) is 15.9. The summed E-state index contributed by atoms with van der Waals surface area (Å²) >= 11 is 9.70. The van der Waals surface area contributed by atoms with Crippen molar-refractivity contribution < 1.29 is 9.68 Å². The van der Waals surface area contributed by atoms with Crippen molar-refractivity contribution in [1.29, 1.82) is 0 Å². The molecule has 0 aliphatic carbocycles. The number of anilines is 1. The van der Waals surface area contributed by atoms with Gasteiger partial charge in [0.1, 0.15) is 5.69 Å². The Balaban J connectivity index is 1.81. The van der Waals surface area contributed by atoms with Crippen LogP contribution in [0.1, 0.15) is 31.2 Å². The Bertz CT molecular complexity index is 821. The first-order valence-electron chi connectivity index (χ1n) is 8.73. The van der Waals surface area contributed by atoms with Crippen LogP contribution in [0.5, 0.6) is 0 Å². The van der Waals surface area contributed by atoms with E-state index in [-0.39, 0.29) is 0 Å². The first kappa shape index (κ1) is 17.1. The highest BCUT2D eigenvalue weighted by Gasteiger charge is 2.51. The van der Waals surface area contributed by atoms with Gasteiger partial charge in [-0.3, -0.25) is 0 Å².